The lowest BCUT2D eigenvalue weighted by molar-refractivity contribution is 0.104. The van der Waals surface area contributed by atoms with E-state index in [1.807, 2.05) is 19.1 Å². The molecule has 0 saturated heterocycles. The summed E-state index contributed by atoms with van der Waals surface area (Å²) < 4.78 is 0. The highest BCUT2D eigenvalue weighted by Gasteiger charge is 2.10. The van der Waals surface area contributed by atoms with E-state index in [1.165, 1.54) is 6.08 Å². The van der Waals surface area contributed by atoms with E-state index in [4.69, 9.17) is 5.26 Å². The van der Waals surface area contributed by atoms with Gasteiger partial charge in [-0.3, -0.25) is 4.79 Å². The SMILES string of the molecule is CCSc1ccc(C(=O)/C=C/c2ccccc2C#N)c(C#N)c1. The molecule has 0 heterocycles. The molecule has 0 N–H and O–H groups in total. The molecule has 0 amide bonds. The van der Waals surface area contributed by atoms with Crippen LogP contribution in [-0.2, 0) is 0 Å². The molecule has 0 aliphatic rings. The van der Waals surface area contributed by atoms with Crippen LogP contribution in [0.5, 0.6) is 0 Å². The molecule has 2 aromatic carbocycles. The smallest absolute Gasteiger partial charge is 0.187 e. The molecule has 0 spiro atoms. The summed E-state index contributed by atoms with van der Waals surface area (Å²) >= 11 is 1.62. The zero-order valence-electron chi connectivity index (χ0n) is 12.6. The molecule has 0 bridgehead atoms. The Labute approximate surface area is 139 Å². The Hall–Kier alpha value is -2.82. The lowest BCUT2D eigenvalue weighted by Gasteiger charge is -2.03. The predicted octanol–water partition coefficient (Wildman–Crippen LogP) is 4.44. The van der Waals surface area contributed by atoms with Gasteiger partial charge in [-0.2, -0.15) is 10.5 Å². The second-order valence-electron chi connectivity index (χ2n) is 4.65. The van der Waals surface area contributed by atoms with Gasteiger partial charge in [-0.1, -0.05) is 25.1 Å². The maximum Gasteiger partial charge on any atom is 0.187 e. The zero-order valence-corrected chi connectivity index (χ0v) is 13.4. The van der Waals surface area contributed by atoms with Crippen molar-refractivity contribution in [3.8, 4) is 12.1 Å². The Morgan fingerprint density at radius 1 is 1.13 bits per heavy atom. The first-order valence-corrected chi connectivity index (χ1v) is 8.06. The van der Waals surface area contributed by atoms with E-state index in [9.17, 15) is 10.1 Å². The third kappa shape index (κ3) is 4.10. The van der Waals surface area contributed by atoms with Crippen LogP contribution >= 0.6 is 11.8 Å². The van der Waals surface area contributed by atoms with Gasteiger partial charge in [0.25, 0.3) is 0 Å². The third-order valence-corrected chi connectivity index (χ3v) is 4.06. The van der Waals surface area contributed by atoms with Gasteiger partial charge in [0.2, 0.25) is 0 Å². The van der Waals surface area contributed by atoms with Crippen LogP contribution in [0.15, 0.2) is 53.4 Å². The highest BCUT2D eigenvalue weighted by Crippen LogP contribution is 2.22. The van der Waals surface area contributed by atoms with Crippen LogP contribution in [0.3, 0.4) is 0 Å². The average molecular weight is 318 g/mol. The van der Waals surface area contributed by atoms with Gasteiger partial charge in [0, 0.05) is 10.5 Å². The Balaban J connectivity index is 2.29. The molecule has 0 radical (unpaired) electrons. The fourth-order valence-electron chi connectivity index (χ4n) is 2.09. The normalized spacial score (nSPS) is 10.2. The van der Waals surface area contributed by atoms with E-state index in [0.29, 0.717) is 22.3 Å². The van der Waals surface area contributed by atoms with Gasteiger partial charge in [0.05, 0.1) is 23.3 Å². The number of carbonyl (C=O) groups excluding carboxylic acids is 1. The van der Waals surface area contributed by atoms with Crippen LogP contribution in [0, 0.1) is 22.7 Å². The van der Waals surface area contributed by atoms with Crippen molar-refractivity contribution in [2.45, 2.75) is 11.8 Å². The molecule has 2 rings (SSSR count). The summed E-state index contributed by atoms with van der Waals surface area (Å²) in [5.74, 6) is 0.658. The van der Waals surface area contributed by atoms with Crippen LogP contribution < -0.4 is 0 Å². The highest BCUT2D eigenvalue weighted by molar-refractivity contribution is 7.99. The van der Waals surface area contributed by atoms with Gasteiger partial charge in [-0.05, 0) is 47.7 Å². The van der Waals surface area contributed by atoms with Crippen LogP contribution in [0.4, 0.5) is 0 Å². The molecule has 3 nitrogen and oxygen atoms in total. The topological polar surface area (TPSA) is 64.7 Å². The lowest BCUT2D eigenvalue weighted by atomic mass is 10.0. The van der Waals surface area contributed by atoms with Crippen LogP contribution in [-0.4, -0.2) is 11.5 Å². The number of carbonyl (C=O) groups is 1. The van der Waals surface area contributed by atoms with Gasteiger partial charge < -0.3 is 0 Å². The average Bonchev–Trinajstić information content (AvgIpc) is 2.60. The van der Waals surface area contributed by atoms with Crippen LogP contribution in [0.25, 0.3) is 6.08 Å². The number of benzene rings is 2. The minimum absolute atomic E-state index is 0.248. The van der Waals surface area contributed by atoms with Crippen molar-refractivity contribution in [1.29, 1.82) is 10.5 Å². The number of hydrogen-bond donors (Lipinski definition) is 0. The van der Waals surface area contributed by atoms with Crippen molar-refractivity contribution in [1.82, 2.24) is 0 Å². The molecule has 0 unspecified atom stereocenters. The molecule has 0 aromatic heterocycles. The van der Waals surface area contributed by atoms with E-state index in [1.54, 1.807) is 48.2 Å². The van der Waals surface area contributed by atoms with Crippen molar-refractivity contribution >= 4 is 23.6 Å². The molecule has 0 fully saturated rings. The Morgan fingerprint density at radius 2 is 1.87 bits per heavy atom. The fourth-order valence-corrected chi connectivity index (χ4v) is 2.79. The number of allylic oxidation sites excluding steroid dienone is 1. The summed E-state index contributed by atoms with van der Waals surface area (Å²) in [5.41, 5.74) is 1.93. The molecule has 0 aliphatic heterocycles. The molecular formula is C19H14N2OS. The van der Waals surface area contributed by atoms with Crippen LogP contribution in [0.1, 0.15) is 34.0 Å². The summed E-state index contributed by atoms with van der Waals surface area (Å²) in [6, 6.07) is 16.5. The van der Waals surface area contributed by atoms with Crippen LogP contribution in [0.2, 0.25) is 0 Å². The first-order valence-electron chi connectivity index (χ1n) is 7.08. The number of thioether (sulfide) groups is 1. The minimum atomic E-state index is -0.248. The van der Waals surface area contributed by atoms with Gasteiger partial charge >= 0.3 is 0 Å². The predicted molar refractivity (Wildman–Crippen MR) is 92.1 cm³/mol. The minimum Gasteiger partial charge on any atom is -0.289 e. The zero-order chi connectivity index (χ0) is 16.7. The van der Waals surface area contributed by atoms with Gasteiger partial charge in [-0.25, -0.2) is 0 Å². The molecule has 4 heteroatoms. The summed E-state index contributed by atoms with van der Waals surface area (Å²) in [6.07, 6.45) is 3.01. The maximum atomic E-state index is 12.3. The molecule has 0 aliphatic carbocycles. The number of nitriles is 2. The van der Waals surface area contributed by atoms with E-state index >= 15 is 0 Å². The van der Waals surface area contributed by atoms with Crippen molar-refractivity contribution in [2.24, 2.45) is 0 Å². The van der Waals surface area contributed by atoms with E-state index in [2.05, 4.69) is 12.1 Å². The third-order valence-electron chi connectivity index (χ3n) is 3.18. The monoisotopic (exact) mass is 318 g/mol. The second kappa shape index (κ2) is 7.98. The number of hydrogen-bond acceptors (Lipinski definition) is 4. The highest BCUT2D eigenvalue weighted by atomic mass is 32.2. The molecular weight excluding hydrogens is 304 g/mol. The maximum absolute atomic E-state index is 12.3. The summed E-state index contributed by atoms with van der Waals surface area (Å²) in [6.45, 7) is 2.03. The van der Waals surface area contributed by atoms with Gasteiger partial charge in [-0.15, -0.1) is 11.8 Å². The fraction of sp³-hybridized carbons (Fsp3) is 0.105. The summed E-state index contributed by atoms with van der Waals surface area (Å²) in [7, 11) is 0. The second-order valence-corrected chi connectivity index (χ2v) is 5.99. The first-order chi connectivity index (χ1) is 11.2. The quantitative estimate of drug-likeness (QED) is 0.464. The van der Waals surface area contributed by atoms with E-state index in [0.717, 1.165) is 10.6 Å². The molecule has 2 aromatic rings. The van der Waals surface area contributed by atoms with E-state index < -0.39 is 0 Å². The van der Waals surface area contributed by atoms with Crippen molar-refractivity contribution in [3.63, 3.8) is 0 Å². The van der Waals surface area contributed by atoms with E-state index in [-0.39, 0.29) is 5.78 Å². The number of ketones is 1. The van der Waals surface area contributed by atoms with Crippen molar-refractivity contribution < 1.29 is 4.79 Å². The Morgan fingerprint density at radius 3 is 2.57 bits per heavy atom. The summed E-state index contributed by atoms with van der Waals surface area (Å²) in [4.78, 5) is 13.3. The number of nitrogens with zero attached hydrogens (tertiary/aromatic N) is 2. The Bertz CT molecular complexity index is 841. The van der Waals surface area contributed by atoms with Gasteiger partial charge in [0.1, 0.15) is 0 Å². The molecule has 0 saturated carbocycles. The standard InChI is InChI=1S/C19H14N2OS/c1-2-23-17-8-9-18(16(11-17)13-21)19(22)10-7-14-5-3-4-6-15(14)12-20/h3-11H,2H2,1H3/b10-7+. The molecule has 0 atom stereocenters. The molecule has 23 heavy (non-hydrogen) atoms. The first kappa shape index (κ1) is 16.5. The lowest BCUT2D eigenvalue weighted by Crippen LogP contribution is -1.99. The van der Waals surface area contributed by atoms with Crippen molar-refractivity contribution in [3.05, 3.63) is 70.8 Å². The van der Waals surface area contributed by atoms with Gasteiger partial charge in [0.15, 0.2) is 5.78 Å². The molecule has 112 valence electrons. The largest absolute Gasteiger partial charge is 0.289 e. The van der Waals surface area contributed by atoms with Crippen molar-refractivity contribution in [2.75, 3.05) is 5.75 Å². The summed E-state index contributed by atoms with van der Waals surface area (Å²) in [5, 5.41) is 18.3. The Kier molecular flexibility index (Phi) is 5.74. The number of rotatable bonds is 5.